The lowest BCUT2D eigenvalue weighted by Crippen LogP contribution is -2.44. The third-order valence-corrected chi connectivity index (χ3v) is 3.93. The van der Waals surface area contributed by atoms with Gasteiger partial charge < -0.3 is 10.2 Å². The molecule has 0 spiro atoms. The molecule has 3 rings (SSSR count). The number of amides is 1. The number of rotatable bonds is 1. The molecular formula is C15H16ClF3N2O. The molecule has 1 saturated heterocycles. The molecular weight excluding hydrogens is 317 g/mol. The van der Waals surface area contributed by atoms with Gasteiger partial charge in [0.2, 0.25) is 0 Å². The molecule has 22 heavy (non-hydrogen) atoms. The van der Waals surface area contributed by atoms with Crippen LogP contribution in [0, 0.1) is 0 Å². The van der Waals surface area contributed by atoms with E-state index in [4.69, 9.17) is 0 Å². The Kier molecular flexibility index (Phi) is 4.54. The standard InChI is InChI=1S/C15H15F3N2O.ClH/c1-2-3-9-6-10-12-8-19-4-5-20(12)14(21)13(10)11(7-9)15(16,17)18;/h2-3,6-7,12,19H,4-5,8H2,1H3;1H/b3-2+;/t12-;/m0./s1. The number of hydrogen-bond acceptors (Lipinski definition) is 2. The summed E-state index contributed by atoms with van der Waals surface area (Å²) < 4.78 is 39.9. The van der Waals surface area contributed by atoms with Crippen LogP contribution < -0.4 is 5.32 Å². The van der Waals surface area contributed by atoms with Gasteiger partial charge in [-0.05, 0) is 30.2 Å². The summed E-state index contributed by atoms with van der Waals surface area (Å²) in [6.45, 7) is 3.29. The summed E-state index contributed by atoms with van der Waals surface area (Å²) in [6.07, 6.45) is -1.21. The summed E-state index contributed by atoms with van der Waals surface area (Å²) in [5.41, 5.74) is -0.0455. The number of hydrogen-bond donors (Lipinski definition) is 1. The van der Waals surface area contributed by atoms with E-state index in [0.29, 0.717) is 30.8 Å². The molecule has 0 bridgehead atoms. The van der Waals surface area contributed by atoms with E-state index in [0.717, 1.165) is 6.07 Å². The zero-order valence-corrected chi connectivity index (χ0v) is 12.7. The first-order valence-electron chi connectivity index (χ1n) is 6.83. The Morgan fingerprint density at radius 2 is 2.09 bits per heavy atom. The maximum absolute atomic E-state index is 13.3. The third kappa shape index (κ3) is 2.61. The highest BCUT2D eigenvalue weighted by atomic mass is 35.5. The van der Waals surface area contributed by atoms with Gasteiger partial charge in [0, 0.05) is 19.6 Å². The van der Waals surface area contributed by atoms with Gasteiger partial charge in [-0.15, -0.1) is 12.4 Å². The lowest BCUT2D eigenvalue weighted by Gasteiger charge is -2.30. The lowest BCUT2D eigenvalue weighted by molar-refractivity contribution is -0.137. The Balaban J connectivity index is 0.00000176. The fourth-order valence-electron chi connectivity index (χ4n) is 3.07. The molecule has 0 aromatic heterocycles. The van der Waals surface area contributed by atoms with E-state index in [2.05, 4.69) is 5.32 Å². The number of alkyl halides is 3. The van der Waals surface area contributed by atoms with E-state index in [1.165, 1.54) is 4.90 Å². The van der Waals surface area contributed by atoms with Crippen LogP contribution >= 0.6 is 12.4 Å². The number of piperazine rings is 1. The molecule has 1 aromatic carbocycles. The number of halogens is 4. The van der Waals surface area contributed by atoms with Crippen molar-refractivity contribution in [3.8, 4) is 0 Å². The zero-order valence-electron chi connectivity index (χ0n) is 11.9. The topological polar surface area (TPSA) is 32.3 Å². The minimum absolute atomic E-state index is 0. The van der Waals surface area contributed by atoms with Crippen molar-refractivity contribution >= 4 is 24.4 Å². The molecule has 120 valence electrons. The highest BCUT2D eigenvalue weighted by Crippen LogP contribution is 2.42. The molecule has 0 saturated carbocycles. The summed E-state index contributed by atoms with van der Waals surface area (Å²) in [5.74, 6) is -0.504. The minimum atomic E-state index is -4.53. The van der Waals surface area contributed by atoms with Crippen LogP contribution in [0.4, 0.5) is 13.2 Å². The molecule has 1 N–H and O–H groups in total. The van der Waals surface area contributed by atoms with Gasteiger partial charge in [-0.2, -0.15) is 13.2 Å². The molecule has 0 unspecified atom stereocenters. The van der Waals surface area contributed by atoms with Crippen LogP contribution in [0.15, 0.2) is 18.2 Å². The van der Waals surface area contributed by atoms with Crippen molar-refractivity contribution in [2.45, 2.75) is 19.1 Å². The fraction of sp³-hybridized carbons (Fsp3) is 0.400. The summed E-state index contributed by atoms with van der Waals surface area (Å²) in [6, 6.07) is 2.45. The fourth-order valence-corrected chi connectivity index (χ4v) is 3.07. The lowest BCUT2D eigenvalue weighted by atomic mass is 9.95. The maximum atomic E-state index is 13.3. The number of benzene rings is 1. The monoisotopic (exact) mass is 332 g/mol. The summed E-state index contributed by atoms with van der Waals surface area (Å²) in [7, 11) is 0. The van der Waals surface area contributed by atoms with Crippen molar-refractivity contribution in [1.29, 1.82) is 0 Å². The van der Waals surface area contributed by atoms with Crippen molar-refractivity contribution in [2.75, 3.05) is 19.6 Å². The first kappa shape index (κ1) is 16.8. The molecule has 3 nitrogen and oxygen atoms in total. The van der Waals surface area contributed by atoms with E-state index in [1.807, 2.05) is 0 Å². The Morgan fingerprint density at radius 1 is 1.36 bits per heavy atom. The average molecular weight is 333 g/mol. The molecule has 1 amide bonds. The Hall–Kier alpha value is -1.53. The quantitative estimate of drug-likeness (QED) is 0.856. The van der Waals surface area contributed by atoms with Crippen LogP contribution in [-0.2, 0) is 6.18 Å². The van der Waals surface area contributed by atoms with Crippen LogP contribution in [0.25, 0.3) is 6.08 Å². The number of nitrogens with one attached hydrogen (secondary N) is 1. The molecule has 7 heteroatoms. The normalized spacial score (nSPS) is 20.8. The molecule has 1 atom stereocenters. The maximum Gasteiger partial charge on any atom is 0.417 e. The van der Waals surface area contributed by atoms with Crippen LogP contribution in [0.2, 0.25) is 0 Å². The second-order valence-corrected chi connectivity index (χ2v) is 5.25. The predicted octanol–water partition coefficient (Wildman–Crippen LogP) is 3.26. The first-order valence-corrected chi connectivity index (χ1v) is 6.83. The molecule has 2 aliphatic rings. The Bertz CT molecular complexity index is 628. The second kappa shape index (κ2) is 5.93. The number of fused-ring (bicyclic) bond motifs is 3. The molecule has 1 fully saturated rings. The van der Waals surface area contributed by atoms with Crippen molar-refractivity contribution in [3.63, 3.8) is 0 Å². The molecule has 1 aromatic rings. The van der Waals surface area contributed by atoms with Gasteiger partial charge in [0.15, 0.2) is 0 Å². The second-order valence-electron chi connectivity index (χ2n) is 5.25. The Labute approximate surface area is 132 Å². The number of nitrogens with zero attached hydrogens (tertiary/aromatic N) is 1. The zero-order chi connectivity index (χ0) is 15.2. The SMILES string of the molecule is C/C=C/c1cc2c(c(C(F)(F)F)c1)C(=O)N1CCNC[C@@H]21.Cl. The van der Waals surface area contributed by atoms with Gasteiger partial charge in [0.05, 0.1) is 17.2 Å². The van der Waals surface area contributed by atoms with Gasteiger partial charge in [0.1, 0.15) is 0 Å². The summed E-state index contributed by atoms with van der Waals surface area (Å²) in [4.78, 5) is 13.9. The summed E-state index contributed by atoms with van der Waals surface area (Å²) in [5, 5.41) is 3.13. The highest BCUT2D eigenvalue weighted by molar-refractivity contribution is 6.01. The van der Waals surface area contributed by atoms with Crippen molar-refractivity contribution in [2.24, 2.45) is 0 Å². The average Bonchev–Trinajstić information content (AvgIpc) is 2.72. The summed E-state index contributed by atoms with van der Waals surface area (Å²) >= 11 is 0. The smallest absolute Gasteiger partial charge is 0.329 e. The number of carbonyl (C=O) groups excluding carboxylic acids is 1. The Morgan fingerprint density at radius 3 is 2.73 bits per heavy atom. The van der Waals surface area contributed by atoms with Crippen LogP contribution in [-0.4, -0.2) is 30.4 Å². The molecule has 2 heterocycles. The van der Waals surface area contributed by atoms with Gasteiger partial charge in [-0.1, -0.05) is 12.2 Å². The number of carbonyl (C=O) groups is 1. The van der Waals surface area contributed by atoms with E-state index < -0.39 is 17.6 Å². The molecule has 2 aliphatic heterocycles. The van der Waals surface area contributed by atoms with Crippen molar-refractivity contribution in [3.05, 3.63) is 40.5 Å². The van der Waals surface area contributed by atoms with Crippen LogP contribution in [0.5, 0.6) is 0 Å². The largest absolute Gasteiger partial charge is 0.417 e. The third-order valence-electron chi connectivity index (χ3n) is 3.93. The van der Waals surface area contributed by atoms with Gasteiger partial charge in [-0.3, -0.25) is 4.79 Å². The van der Waals surface area contributed by atoms with Crippen LogP contribution in [0.1, 0.15) is 40.0 Å². The van der Waals surface area contributed by atoms with E-state index in [1.54, 1.807) is 25.1 Å². The van der Waals surface area contributed by atoms with Crippen molar-refractivity contribution < 1.29 is 18.0 Å². The van der Waals surface area contributed by atoms with E-state index >= 15 is 0 Å². The van der Waals surface area contributed by atoms with E-state index in [9.17, 15) is 18.0 Å². The van der Waals surface area contributed by atoms with Gasteiger partial charge in [-0.25, -0.2) is 0 Å². The minimum Gasteiger partial charge on any atom is -0.329 e. The predicted molar refractivity (Wildman–Crippen MR) is 80.0 cm³/mol. The van der Waals surface area contributed by atoms with Gasteiger partial charge >= 0.3 is 6.18 Å². The molecule has 0 radical (unpaired) electrons. The van der Waals surface area contributed by atoms with Gasteiger partial charge in [0.25, 0.3) is 5.91 Å². The van der Waals surface area contributed by atoms with E-state index in [-0.39, 0.29) is 24.0 Å². The first-order chi connectivity index (χ1) is 9.93. The highest BCUT2D eigenvalue weighted by Gasteiger charge is 2.45. The van der Waals surface area contributed by atoms with Crippen molar-refractivity contribution in [1.82, 2.24) is 10.2 Å². The molecule has 0 aliphatic carbocycles. The number of allylic oxidation sites excluding steroid dienone is 1. The van der Waals surface area contributed by atoms with Crippen LogP contribution in [0.3, 0.4) is 0 Å².